The Morgan fingerprint density at radius 1 is 1.12 bits per heavy atom. The fraction of sp³-hybridized carbons (Fsp3) is 0.278. The zero-order chi connectivity index (χ0) is 18.4. The van der Waals surface area contributed by atoms with E-state index in [9.17, 15) is 18.3 Å². The molecule has 0 saturated heterocycles. The second-order valence-electron chi connectivity index (χ2n) is 5.47. The van der Waals surface area contributed by atoms with Crippen LogP contribution in [0, 0.1) is 0 Å². The largest absolute Gasteiger partial charge is 0.494 e. The minimum Gasteiger partial charge on any atom is -0.494 e. The molecule has 0 saturated carbocycles. The summed E-state index contributed by atoms with van der Waals surface area (Å²) in [7, 11) is -2.60. The zero-order valence-corrected chi connectivity index (χ0v) is 14.9. The standard InChI is InChI=1S/C18H21NO5S/c1-3-24-15-11-9-14(10-12-15)13-17(18(20)21)19(2)25(22,23)16-7-5-4-6-8-16/h4-12,17H,3,13H2,1-2H3,(H,20,21). The minimum absolute atomic E-state index is 0.0598. The summed E-state index contributed by atoms with van der Waals surface area (Å²) >= 11 is 0. The van der Waals surface area contributed by atoms with Crippen molar-refractivity contribution in [2.24, 2.45) is 0 Å². The van der Waals surface area contributed by atoms with Gasteiger partial charge in [-0.05, 0) is 43.2 Å². The van der Waals surface area contributed by atoms with Gasteiger partial charge in [-0.3, -0.25) is 4.79 Å². The van der Waals surface area contributed by atoms with Gasteiger partial charge in [-0.25, -0.2) is 8.42 Å². The van der Waals surface area contributed by atoms with E-state index in [0.717, 1.165) is 4.31 Å². The van der Waals surface area contributed by atoms with Crippen LogP contribution in [-0.4, -0.2) is 43.5 Å². The lowest BCUT2D eigenvalue weighted by Gasteiger charge is -2.24. The molecule has 0 fully saturated rings. The number of hydrogen-bond acceptors (Lipinski definition) is 4. The molecule has 0 amide bonds. The van der Waals surface area contributed by atoms with Crippen molar-refractivity contribution in [2.45, 2.75) is 24.3 Å². The molecule has 7 heteroatoms. The second-order valence-corrected chi connectivity index (χ2v) is 7.47. The summed E-state index contributed by atoms with van der Waals surface area (Å²) in [5.41, 5.74) is 0.714. The molecule has 0 spiro atoms. The fourth-order valence-electron chi connectivity index (χ4n) is 2.41. The number of carboxylic acids is 1. The molecule has 2 aromatic rings. The van der Waals surface area contributed by atoms with Gasteiger partial charge in [-0.1, -0.05) is 30.3 Å². The molecule has 6 nitrogen and oxygen atoms in total. The van der Waals surface area contributed by atoms with Crippen molar-refractivity contribution in [1.82, 2.24) is 4.31 Å². The number of sulfonamides is 1. The number of carbonyl (C=O) groups is 1. The maximum atomic E-state index is 12.7. The second kappa shape index (κ2) is 8.13. The SMILES string of the molecule is CCOc1ccc(CC(C(=O)O)N(C)S(=O)(=O)c2ccccc2)cc1. The molecule has 0 aliphatic heterocycles. The van der Waals surface area contributed by atoms with Crippen LogP contribution in [0.1, 0.15) is 12.5 Å². The Hall–Kier alpha value is -2.38. The van der Waals surface area contributed by atoms with E-state index in [4.69, 9.17) is 4.74 Å². The summed E-state index contributed by atoms with van der Waals surface area (Å²) in [5, 5.41) is 9.52. The Labute approximate surface area is 147 Å². The Bertz CT molecular complexity index is 803. The van der Waals surface area contributed by atoms with Gasteiger partial charge in [0.15, 0.2) is 0 Å². The van der Waals surface area contributed by atoms with Crippen molar-refractivity contribution >= 4 is 16.0 Å². The van der Waals surface area contributed by atoms with Crippen LogP contribution in [0.25, 0.3) is 0 Å². The number of likely N-dealkylation sites (N-methyl/N-ethyl adjacent to an activating group) is 1. The van der Waals surface area contributed by atoms with Crippen LogP contribution in [0.4, 0.5) is 0 Å². The van der Waals surface area contributed by atoms with Gasteiger partial charge in [-0.15, -0.1) is 0 Å². The lowest BCUT2D eigenvalue weighted by molar-refractivity contribution is -0.141. The van der Waals surface area contributed by atoms with Crippen LogP contribution in [-0.2, 0) is 21.2 Å². The van der Waals surface area contributed by atoms with Crippen molar-refractivity contribution in [3.8, 4) is 5.75 Å². The van der Waals surface area contributed by atoms with E-state index in [1.54, 1.807) is 42.5 Å². The van der Waals surface area contributed by atoms with Gasteiger partial charge in [-0.2, -0.15) is 4.31 Å². The third-order valence-electron chi connectivity index (χ3n) is 3.81. The molecule has 0 bridgehead atoms. The Morgan fingerprint density at radius 2 is 1.72 bits per heavy atom. The highest BCUT2D eigenvalue weighted by atomic mass is 32.2. The van der Waals surface area contributed by atoms with Gasteiger partial charge < -0.3 is 9.84 Å². The molecule has 25 heavy (non-hydrogen) atoms. The molecule has 1 atom stereocenters. The monoisotopic (exact) mass is 363 g/mol. The maximum absolute atomic E-state index is 12.7. The molecule has 2 aromatic carbocycles. The summed E-state index contributed by atoms with van der Waals surface area (Å²) in [6, 6.07) is 13.5. The molecule has 0 aliphatic carbocycles. The van der Waals surface area contributed by atoms with Gasteiger partial charge in [0.1, 0.15) is 11.8 Å². The summed E-state index contributed by atoms with van der Waals surface area (Å²) < 4.78 is 31.6. The van der Waals surface area contributed by atoms with E-state index >= 15 is 0 Å². The smallest absolute Gasteiger partial charge is 0.322 e. The van der Waals surface area contributed by atoms with Crippen LogP contribution in [0.2, 0.25) is 0 Å². The molecule has 0 aromatic heterocycles. The van der Waals surface area contributed by atoms with Crippen molar-refractivity contribution < 1.29 is 23.1 Å². The number of rotatable bonds is 8. The third kappa shape index (κ3) is 4.58. The number of ether oxygens (including phenoxy) is 1. The highest BCUT2D eigenvalue weighted by Gasteiger charge is 2.32. The number of hydrogen-bond donors (Lipinski definition) is 1. The molecule has 2 rings (SSSR count). The highest BCUT2D eigenvalue weighted by molar-refractivity contribution is 7.89. The van der Waals surface area contributed by atoms with Crippen LogP contribution in [0.15, 0.2) is 59.5 Å². The van der Waals surface area contributed by atoms with Crippen LogP contribution < -0.4 is 4.74 Å². The lowest BCUT2D eigenvalue weighted by Crippen LogP contribution is -2.43. The van der Waals surface area contributed by atoms with Crippen molar-refractivity contribution in [2.75, 3.05) is 13.7 Å². The summed E-state index contributed by atoms with van der Waals surface area (Å²) in [5.74, 6) is -0.515. The van der Waals surface area contributed by atoms with Crippen molar-refractivity contribution in [1.29, 1.82) is 0 Å². The Balaban J connectivity index is 2.24. The van der Waals surface area contributed by atoms with E-state index in [1.807, 2.05) is 6.92 Å². The van der Waals surface area contributed by atoms with E-state index in [1.165, 1.54) is 19.2 Å². The predicted octanol–water partition coefficient (Wildman–Crippen LogP) is 2.40. The quantitative estimate of drug-likeness (QED) is 0.779. The lowest BCUT2D eigenvalue weighted by atomic mass is 10.1. The minimum atomic E-state index is -3.89. The topological polar surface area (TPSA) is 83.9 Å². The number of aliphatic carboxylic acids is 1. The molecular formula is C18H21NO5S. The predicted molar refractivity (Wildman–Crippen MR) is 94.1 cm³/mol. The fourth-order valence-corrected chi connectivity index (χ4v) is 3.74. The molecule has 1 unspecified atom stereocenters. The third-order valence-corrected chi connectivity index (χ3v) is 5.69. The van der Waals surface area contributed by atoms with Gasteiger partial charge in [0, 0.05) is 7.05 Å². The first-order valence-electron chi connectivity index (χ1n) is 7.84. The van der Waals surface area contributed by atoms with E-state index in [-0.39, 0.29) is 11.3 Å². The molecule has 1 N–H and O–H groups in total. The summed E-state index contributed by atoms with van der Waals surface area (Å²) in [6.07, 6.45) is 0.0598. The van der Waals surface area contributed by atoms with Crippen molar-refractivity contribution in [3.63, 3.8) is 0 Å². The average Bonchev–Trinajstić information content (AvgIpc) is 2.61. The molecule has 0 heterocycles. The van der Waals surface area contributed by atoms with E-state index in [0.29, 0.717) is 17.9 Å². The van der Waals surface area contributed by atoms with Gasteiger partial charge in [0.25, 0.3) is 0 Å². The number of benzene rings is 2. The molecule has 0 radical (unpaired) electrons. The van der Waals surface area contributed by atoms with E-state index in [2.05, 4.69) is 0 Å². The van der Waals surface area contributed by atoms with Gasteiger partial charge in [0.2, 0.25) is 10.0 Å². The first-order chi connectivity index (χ1) is 11.9. The van der Waals surface area contributed by atoms with Crippen LogP contribution in [0.5, 0.6) is 5.75 Å². The molecular weight excluding hydrogens is 342 g/mol. The average molecular weight is 363 g/mol. The van der Waals surface area contributed by atoms with Crippen molar-refractivity contribution in [3.05, 3.63) is 60.2 Å². The Kier molecular flexibility index (Phi) is 6.17. The maximum Gasteiger partial charge on any atom is 0.322 e. The zero-order valence-electron chi connectivity index (χ0n) is 14.1. The number of carboxylic acid groups (broad SMARTS) is 1. The normalized spacial score (nSPS) is 12.8. The van der Waals surface area contributed by atoms with E-state index < -0.39 is 22.0 Å². The van der Waals surface area contributed by atoms with Gasteiger partial charge >= 0.3 is 5.97 Å². The summed E-state index contributed by atoms with van der Waals surface area (Å²) in [4.78, 5) is 11.7. The van der Waals surface area contributed by atoms with Gasteiger partial charge in [0.05, 0.1) is 11.5 Å². The Morgan fingerprint density at radius 3 is 2.24 bits per heavy atom. The van der Waals surface area contributed by atoms with Crippen LogP contribution in [0.3, 0.4) is 0 Å². The highest BCUT2D eigenvalue weighted by Crippen LogP contribution is 2.20. The van der Waals surface area contributed by atoms with Crippen LogP contribution >= 0.6 is 0 Å². The molecule has 134 valence electrons. The summed E-state index contributed by atoms with van der Waals surface area (Å²) in [6.45, 7) is 2.41. The first kappa shape index (κ1) is 19.0. The first-order valence-corrected chi connectivity index (χ1v) is 9.28. The molecule has 0 aliphatic rings. The number of nitrogens with zero attached hydrogens (tertiary/aromatic N) is 1.